The predicted octanol–water partition coefficient (Wildman–Crippen LogP) is 3.14. The number of nitrogens with zero attached hydrogens (tertiary/aromatic N) is 1. The zero-order valence-corrected chi connectivity index (χ0v) is 10.5. The third-order valence-electron chi connectivity index (χ3n) is 4.33. The fourth-order valence-corrected chi connectivity index (χ4v) is 3.51. The molecule has 2 nitrogen and oxygen atoms in total. The van der Waals surface area contributed by atoms with Gasteiger partial charge in [-0.15, -0.1) is 0 Å². The van der Waals surface area contributed by atoms with Gasteiger partial charge in [-0.2, -0.15) is 0 Å². The molecule has 1 aromatic heterocycles. The minimum absolute atomic E-state index is 0.699. The van der Waals surface area contributed by atoms with Crippen LogP contribution >= 0.6 is 0 Å². The SMILES string of the molecule is C1=Cc2c3n(c4ccccc24)CCNCCC3C1. The van der Waals surface area contributed by atoms with Gasteiger partial charge in [0.15, 0.2) is 0 Å². The topological polar surface area (TPSA) is 17.0 Å². The zero-order valence-electron chi connectivity index (χ0n) is 10.5. The van der Waals surface area contributed by atoms with Crippen molar-refractivity contribution in [3.8, 4) is 0 Å². The lowest BCUT2D eigenvalue weighted by atomic mass is 9.89. The van der Waals surface area contributed by atoms with Crippen molar-refractivity contribution in [2.75, 3.05) is 13.1 Å². The van der Waals surface area contributed by atoms with Gasteiger partial charge in [0.2, 0.25) is 0 Å². The molecule has 2 heterocycles. The number of allylic oxidation sites excluding steroid dienone is 1. The van der Waals surface area contributed by atoms with Crippen LogP contribution in [0, 0.1) is 0 Å². The van der Waals surface area contributed by atoms with Crippen LogP contribution in [-0.4, -0.2) is 17.7 Å². The summed E-state index contributed by atoms with van der Waals surface area (Å²) in [6, 6.07) is 8.84. The number of hydrogen-bond acceptors (Lipinski definition) is 1. The van der Waals surface area contributed by atoms with Crippen LogP contribution in [0.1, 0.15) is 30.0 Å². The number of nitrogens with one attached hydrogen (secondary N) is 1. The van der Waals surface area contributed by atoms with E-state index in [-0.39, 0.29) is 0 Å². The Balaban J connectivity index is 2.06. The molecule has 0 radical (unpaired) electrons. The first-order valence-corrected chi connectivity index (χ1v) is 6.93. The highest BCUT2D eigenvalue weighted by molar-refractivity contribution is 5.92. The van der Waals surface area contributed by atoms with Crippen molar-refractivity contribution in [3.63, 3.8) is 0 Å². The van der Waals surface area contributed by atoms with Crippen molar-refractivity contribution < 1.29 is 0 Å². The average molecular weight is 238 g/mol. The van der Waals surface area contributed by atoms with Gasteiger partial charge in [0, 0.05) is 41.2 Å². The number of para-hydroxylation sites is 1. The Labute approximate surface area is 107 Å². The Hall–Kier alpha value is -1.54. The van der Waals surface area contributed by atoms with E-state index in [2.05, 4.69) is 46.3 Å². The molecule has 0 spiro atoms. The van der Waals surface area contributed by atoms with Crippen molar-refractivity contribution in [1.29, 1.82) is 0 Å². The molecule has 1 atom stereocenters. The number of benzene rings is 1. The number of rotatable bonds is 0. The molecule has 0 amide bonds. The lowest BCUT2D eigenvalue weighted by Gasteiger charge is -2.25. The lowest BCUT2D eigenvalue weighted by Crippen LogP contribution is -2.27. The van der Waals surface area contributed by atoms with Crippen LogP contribution in [-0.2, 0) is 6.54 Å². The number of fused-ring (bicyclic) bond motifs is 3. The first-order valence-electron chi connectivity index (χ1n) is 6.93. The van der Waals surface area contributed by atoms with Crippen LogP contribution in [0.5, 0.6) is 0 Å². The molecule has 0 fully saturated rings. The largest absolute Gasteiger partial charge is 0.342 e. The first-order chi connectivity index (χ1) is 8.95. The Kier molecular flexibility index (Phi) is 2.30. The van der Waals surface area contributed by atoms with E-state index >= 15 is 0 Å². The number of hydrogen-bond donors (Lipinski definition) is 1. The van der Waals surface area contributed by atoms with Gasteiger partial charge in [0.25, 0.3) is 0 Å². The molecule has 4 rings (SSSR count). The summed E-state index contributed by atoms with van der Waals surface area (Å²) in [5, 5.41) is 4.97. The van der Waals surface area contributed by atoms with E-state index in [0.717, 1.165) is 19.6 Å². The maximum atomic E-state index is 3.55. The lowest BCUT2D eigenvalue weighted by molar-refractivity contribution is 0.483. The summed E-state index contributed by atoms with van der Waals surface area (Å²) in [6.45, 7) is 3.33. The molecule has 0 bridgehead atoms. The highest BCUT2D eigenvalue weighted by Crippen LogP contribution is 2.39. The van der Waals surface area contributed by atoms with Gasteiger partial charge in [0.05, 0.1) is 0 Å². The molecule has 18 heavy (non-hydrogen) atoms. The van der Waals surface area contributed by atoms with E-state index in [0.29, 0.717) is 5.92 Å². The third-order valence-corrected chi connectivity index (χ3v) is 4.33. The van der Waals surface area contributed by atoms with Crippen molar-refractivity contribution in [1.82, 2.24) is 9.88 Å². The molecule has 2 heteroatoms. The number of aromatic nitrogens is 1. The fraction of sp³-hybridized carbons (Fsp3) is 0.375. The van der Waals surface area contributed by atoms with E-state index in [1.54, 1.807) is 5.69 Å². The molecule has 1 N–H and O–H groups in total. The average Bonchev–Trinajstić information content (AvgIpc) is 2.70. The van der Waals surface area contributed by atoms with E-state index in [1.165, 1.54) is 29.3 Å². The molecular weight excluding hydrogens is 220 g/mol. The summed E-state index contributed by atoms with van der Waals surface area (Å²) >= 11 is 0. The van der Waals surface area contributed by atoms with Crippen molar-refractivity contribution >= 4 is 17.0 Å². The minimum Gasteiger partial charge on any atom is -0.342 e. The van der Waals surface area contributed by atoms with Crippen LogP contribution in [0.25, 0.3) is 17.0 Å². The minimum atomic E-state index is 0.699. The second-order valence-electron chi connectivity index (χ2n) is 5.34. The molecule has 1 unspecified atom stereocenters. The summed E-state index contributed by atoms with van der Waals surface area (Å²) in [5.74, 6) is 0.699. The van der Waals surface area contributed by atoms with E-state index in [1.807, 2.05) is 0 Å². The highest BCUT2D eigenvalue weighted by atomic mass is 15.0. The third kappa shape index (κ3) is 1.39. The zero-order chi connectivity index (χ0) is 11.9. The molecule has 1 aliphatic carbocycles. The summed E-state index contributed by atoms with van der Waals surface area (Å²) in [7, 11) is 0. The second kappa shape index (κ2) is 3.99. The Morgan fingerprint density at radius 1 is 1.17 bits per heavy atom. The molecule has 92 valence electrons. The monoisotopic (exact) mass is 238 g/mol. The molecule has 2 aromatic rings. The molecule has 0 saturated carbocycles. The maximum Gasteiger partial charge on any atom is 0.0489 e. The molecular formula is C16H18N2. The van der Waals surface area contributed by atoms with Crippen molar-refractivity contribution in [2.45, 2.75) is 25.3 Å². The maximum absolute atomic E-state index is 3.55. The molecule has 0 saturated heterocycles. The fourth-order valence-electron chi connectivity index (χ4n) is 3.51. The van der Waals surface area contributed by atoms with E-state index < -0.39 is 0 Å². The van der Waals surface area contributed by atoms with Gasteiger partial charge < -0.3 is 9.88 Å². The van der Waals surface area contributed by atoms with Crippen LogP contribution in [0.3, 0.4) is 0 Å². The Bertz CT molecular complexity index is 621. The van der Waals surface area contributed by atoms with Crippen LogP contribution in [0.15, 0.2) is 30.3 Å². The Morgan fingerprint density at radius 3 is 3.11 bits per heavy atom. The van der Waals surface area contributed by atoms with Gasteiger partial charge in [-0.25, -0.2) is 0 Å². The summed E-state index contributed by atoms with van der Waals surface area (Å²) in [6.07, 6.45) is 7.14. The summed E-state index contributed by atoms with van der Waals surface area (Å²) in [5.41, 5.74) is 4.46. The molecule has 1 aliphatic heterocycles. The Morgan fingerprint density at radius 2 is 2.11 bits per heavy atom. The van der Waals surface area contributed by atoms with Crippen LogP contribution in [0.2, 0.25) is 0 Å². The smallest absolute Gasteiger partial charge is 0.0489 e. The normalized spacial score (nSPS) is 22.6. The van der Waals surface area contributed by atoms with Crippen molar-refractivity contribution in [3.05, 3.63) is 41.6 Å². The van der Waals surface area contributed by atoms with Crippen LogP contribution < -0.4 is 5.32 Å². The van der Waals surface area contributed by atoms with Gasteiger partial charge in [-0.1, -0.05) is 30.4 Å². The van der Waals surface area contributed by atoms with Gasteiger partial charge in [0.1, 0.15) is 0 Å². The second-order valence-corrected chi connectivity index (χ2v) is 5.34. The van der Waals surface area contributed by atoms with Crippen LogP contribution in [0.4, 0.5) is 0 Å². The van der Waals surface area contributed by atoms with Gasteiger partial charge >= 0.3 is 0 Å². The van der Waals surface area contributed by atoms with Gasteiger partial charge in [-0.05, 0) is 25.5 Å². The van der Waals surface area contributed by atoms with Crippen molar-refractivity contribution in [2.24, 2.45) is 0 Å². The standard InChI is InChI=1S/C16H18N2/c1-2-7-15-13(5-1)14-6-3-4-12-8-9-17-10-11-18(15)16(12)14/h1-3,5-7,12,17H,4,8-11H2. The quantitative estimate of drug-likeness (QED) is 0.746. The first kappa shape index (κ1) is 10.4. The summed E-state index contributed by atoms with van der Waals surface area (Å²) < 4.78 is 2.55. The molecule has 1 aromatic carbocycles. The molecule has 2 aliphatic rings. The summed E-state index contributed by atoms with van der Waals surface area (Å²) in [4.78, 5) is 0. The predicted molar refractivity (Wildman–Crippen MR) is 75.8 cm³/mol. The highest BCUT2D eigenvalue weighted by Gasteiger charge is 2.25. The van der Waals surface area contributed by atoms with Gasteiger partial charge in [-0.3, -0.25) is 0 Å². The van der Waals surface area contributed by atoms with E-state index in [4.69, 9.17) is 0 Å². The van der Waals surface area contributed by atoms with E-state index in [9.17, 15) is 0 Å².